The van der Waals surface area contributed by atoms with Crippen LogP contribution in [-0.2, 0) is 20.9 Å². The second kappa shape index (κ2) is 7.23. The Morgan fingerprint density at radius 2 is 2.00 bits per heavy atom. The van der Waals surface area contributed by atoms with Gasteiger partial charge >= 0.3 is 5.96 Å². The Hall–Kier alpha value is -2.41. The molecule has 0 saturated carbocycles. The van der Waals surface area contributed by atoms with Crippen LogP contribution in [0.4, 0.5) is 0 Å². The molecule has 3 N–H and O–H groups in total. The van der Waals surface area contributed by atoms with Crippen molar-refractivity contribution >= 4 is 17.8 Å². The molecule has 2 fully saturated rings. The summed E-state index contributed by atoms with van der Waals surface area (Å²) in [5, 5.41) is 8.81. The predicted octanol–water partition coefficient (Wildman–Crippen LogP) is -0.820. The average Bonchev–Trinajstić information content (AvgIpc) is 2.61. The largest absolute Gasteiger partial charge is 0.375 e. The third kappa shape index (κ3) is 4.07. The van der Waals surface area contributed by atoms with Gasteiger partial charge in [0.25, 0.3) is 11.8 Å². The van der Waals surface area contributed by atoms with Crippen molar-refractivity contribution in [3.05, 3.63) is 35.9 Å². The van der Waals surface area contributed by atoms with E-state index in [0.717, 1.165) is 5.56 Å². The summed E-state index contributed by atoms with van der Waals surface area (Å²) in [4.78, 5) is 24.2. The first-order chi connectivity index (χ1) is 11.2. The van der Waals surface area contributed by atoms with Crippen molar-refractivity contribution in [1.29, 1.82) is 0 Å². The standard InChI is InChI=1S/C16H20N4O3/c21-14-10-13(15(22)17-11-12-4-2-1-3-5-12)18-16(19-14)20-6-8-23-9-7-20/h1-5,13H,6-11H2,(H2,17,18,19,21,22)/p+1/t13-/m0/s1. The maximum Gasteiger partial charge on any atom is 0.353 e. The highest BCUT2D eigenvalue weighted by Gasteiger charge is 2.35. The Morgan fingerprint density at radius 1 is 1.26 bits per heavy atom. The van der Waals surface area contributed by atoms with Gasteiger partial charge in [0.2, 0.25) is 0 Å². The monoisotopic (exact) mass is 317 g/mol. The van der Waals surface area contributed by atoms with E-state index in [1.807, 2.05) is 34.9 Å². The van der Waals surface area contributed by atoms with E-state index in [9.17, 15) is 9.59 Å². The lowest BCUT2D eigenvalue weighted by molar-refractivity contribution is -0.552. The third-order valence-corrected chi connectivity index (χ3v) is 3.91. The zero-order valence-electron chi connectivity index (χ0n) is 12.9. The molecule has 7 nitrogen and oxygen atoms in total. The fourth-order valence-corrected chi connectivity index (χ4v) is 2.64. The number of rotatable bonds is 3. The van der Waals surface area contributed by atoms with Crippen molar-refractivity contribution in [2.24, 2.45) is 0 Å². The summed E-state index contributed by atoms with van der Waals surface area (Å²) >= 11 is 0. The number of guanidine groups is 1. The van der Waals surface area contributed by atoms with Crippen LogP contribution in [0.1, 0.15) is 12.0 Å². The Morgan fingerprint density at radius 3 is 2.74 bits per heavy atom. The molecule has 1 atom stereocenters. The molecule has 0 bridgehead atoms. The number of hydrogen-bond donors (Lipinski definition) is 3. The molecule has 2 amide bonds. The first-order valence-corrected chi connectivity index (χ1v) is 7.80. The van der Waals surface area contributed by atoms with Crippen molar-refractivity contribution in [2.75, 3.05) is 26.3 Å². The molecule has 2 saturated heterocycles. The fourth-order valence-electron chi connectivity index (χ4n) is 2.64. The minimum atomic E-state index is -0.551. The maximum atomic E-state index is 12.3. The highest BCUT2D eigenvalue weighted by atomic mass is 16.5. The van der Waals surface area contributed by atoms with Crippen LogP contribution >= 0.6 is 0 Å². The molecule has 2 aliphatic heterocycles. The molecule has 1 aromatic carbocycles. The molecular weight excluding hydrogens is 296 g/mol. The smallest absolute Gasteiger partial charge is 0.353 e. The van der Waals surface area contributed by atoms with Crippen LogP contribution in [0.25, 0.3) is 0 Å². The fraction of sp³-hybridized carbons (Fsp3) is 0.438. The number of ether oxygens (including phenoxy) is 1. The van der Waals surface area contributed by atoms with Crippen LogP contribution < -0.4 is 16.0 Å². The van der Waals surface area contributed by atoms with Crippen molar-refractivity contribution in [2.45, 2.75) is 19.0 Å². The number of carbonyl (C=O) groups is 2. The molecule has 7 heteroatoms. The number of morpholine rings is 1. The van der Waals surface area contributed by atoms with E-state index in [-0.39, 0.29) is 18.2 Å². The van der Waals surface area contributed by atoms with Gasteiger partial charge in [-0.15, -0.1) is 0 Å². The van der Waals surface area contributed by atoms with E-state index in [0.29, 0.717) is 38.8 Å². The first-order valence-electron chi connectivity index (χ1n) is 7.80. The van der Waals surface area contributed by atoms with Gasteiger partial charge < -0.3 is 10.1 Å². The van der Waals surface area contributed by atoms with Crippen molar-refractivity contribution in [3.8, 4) is 0 Å². The molecule has 0 aliphatic carbocycles. The lowest BCUT2D eigenvalue weighted by Crippen LogP contribution is -2.61. The van der Waals surface area contributed by atoms with Crippen molar-refractivity contribution < 1.29 is 18.9 Å². The molecule has 23 heavy (non-hydrogen) atoms. The molecule has 0 spiro atoms. The third-order valence-electron chi connectivity index (χ3n) is 3.91. The van der Waals surface area contributed by atoms with Crippen LogP contribution in [0.3, 0.4) is 0 Å². The summed E-state index contributed by atoms with van der Waals surface area (Å²) < 4.78 is 7.30. The second-order valence-corrected chi connectivity index (χ2v) is 5.60. The van der Waals surface area contributed by atoms with Crippen LogP contribution in [-0.4, -0.2) is 54.7 Å². The predicted molar refractivity (Wildman–Crippen MR) is 83.8 cm³/mol. The average molecular weight is 317 g/mol. The van der Waals surface area contributed by atoms with E-state index in [1.165, 1.54) is 0 Å². The number of amides is 2. The van der Waals surface area contributed by atoms with Gasteiger partial charge in [-0.2, -0.15) is 0 Å². The van der Waals surface area contributed by atoms with Crippen molar-refractivity contribution in [3.63, 3.8) is 0 Å². The van der Waals surface area contributed by atoms with Gasteiger partial charge in [-0.05, 0) is 5.56 Å². The van der Waals surface area contributed by atoms with Crippen molar-refractivity contribution in [1.82, 2.24) is 16.0 Å². The molecule has 122 valence electrons. The summed E-state index contributed by atoms with van der Waals surface area (Å²) in [6.45, 7) is 3.08. The number of hydrogen-bond acceptors (Lipinski definition) is 3. The highest BCUT2D eigenvalue weighted by molar-refractivity contribution is 6.02. The number of nitrogens with zero attached hydrogens (tertiary/aromatic N) is 1. The quantitative estimate of drug-likeness (QED) is 0.636. The molecule has 0 aromatic heterocycles. The zero-order valence-corrected chi connectivity index (χ0v) is 12.9. The lowest BCUT2D eigenvalue weighted by atomic mass is 10.1. The lowest BCUT2D eigenvalue weighted by Gasteiger charge is -2.24. The Labute approximate surface area is 134 Å². The molecule has 1 aromatic rings. The Kier molecular flexibility index (Phi) is 4.87. The normalized spacial score (nSPS) is 21.4. The molecule has 2 heterocycles. The van der Waals surface area contributed by atoms with Crippen LogP contribution in [0.15, 0.2) is 30.3 Å². The van der Waals surface area contributed by atoms with E-state index in [1.54, 1.807) is 0 Å². The van der Waals surface area contributed by atoms with Gasteiger partial charge in [0, 0.05) is 6.54 Å². The van der Waals surface area contributed by atoms with Gasteiger partial charge in [-0.3, -0.25) is 19.5 Å². The molecule has 0 radical (unpaired) electrons. The van der Waals surface area contributed by atoms with Crippen LogP contribution in [0.2, 0.25) is 0 Å². The number of carbonyl (C=O) groups excluding carboxylic acids is 2. The SMILES string of the molecule is O=C1C[C@@H](C(=O)NCc2ccccc2)NC(=[N+]2CCOCC2)N1. The molecule has 2 aliphatic rings. The minimum absolute atomic E-state index is 0.133. The van der Waals surface area contributed by atoms with E-state index < -0.39 is 6.04 Å². The summed E-state index contributed by atoms with van der Waals surface area (Å²) in [6.07, 6.45) is 0.133. The molecular formula is C16H21N4O3+. The van der Waals surface area contributed by atoms with E-state index in [2.05, 4.69) is 16.0 Å². The topological polar surface area (TPSA) is 82.5 Å². The van der Waals surface area contributed by atoms with Crippen LogP contribution in [0, 0.1) is 0 Å². The first kappa shape index (κ1) is 15.5. The molecule has 3 rings (SSSR count). The van der Waals surface area contributed by atoms with E-state index in [4.69, 9.17) is 4.74 Å². The van der Waals surface area contributed by atoms with Gasteiger partial charge in [-0.25, -0.2) is 5.32 Å². The minimum Gasteiger partial charge on any atom is -0.375 e. The highest BCUT2D eigenvalue weighted by Crippen LogP contribution is 2.02. The van der Waals surface area contributed by atoms with E-state index >= 15 is 0 Å². The van der Waals surface area contributed by atoms with Gasteiger partial charge in [0.1, 0.15) is 0 Å². The summed E-state index contributed by atoms with van der Waals surface area (Å²) in [7, 11) is 0. The van der Waals surface area contributed by atoms with Gasteiger partial charge in [-0.1, -0.05) is 30.3 Å². The summed E-state index contributed by atoms with van der Waals surface area (Å²) in [6, 6.07) is 9.14. The van der Waals surface area contributed by atoms with Gasteiger partial charge in [0.15, 0.2) is 6.04 Å². The summed E-state index contributed by atoms with van der Waals surface area (Å²) in [5.41, 5.74) is 1.03. The zero-order chi connectivity index (χ0) is 16.1. The second-order valence-electron chi connectivity index (χ2n) is 5.60. The van der Waals surface area contributed by atoms with Crippen LogP contribution in [0.5, 0.6) is 0 Å². The van der Waals surface area contributed by atoms with Gasteiger partial charge in [0.05, 0.1) is 32.7 Å². The summed E-state index contributed by atoms with van der Waals surface area (Å²) in [5.74, 6) is 0.281. The Bertz CT molecular complexity index is 607. The number of nitrogens with one attached hydrogen (secondary N) is 3. The number of benzene rings is 1. The Balaban J connectivity index is 1.62. The maximum absolute atomic E-state index is 12.3. The molecule has 0 unspecified atom stereocenters.